The number of hydrogen-bond acceptors (Lipinski definition) is 5. The summed E-state index contributed by atoms with van der Waals surface area (Å²) in [5.74, 6) is -3.28. The van der Waals surface area contributed by atoms with Gasteiger partial charge in [0.2, 0.25) is 5.89 Å². The summed E-state index contributed by atoms with van der Waals surface area (Å²) in [6.07, 6.45) is -1.01. The Labute approximate surface area is 119 Å². The zero-order chi connectivity index (χ0) is 15.3. The summed E-state index contributed by atoms with van der Waals surface area (Å²) in [5.41, 5.74) is 0. The van der Waals surface area contributed by atoms with Crippen molar-refractivity contribution in [1.82, 2.24) is 15.5 Å². The lowest BCUT2D eigenvalue weighted by Gasteiger charge is -2.20. The van der Waals surface area contributed by atoms with Gasteiger partial charge in [-0.1, -0.05) is 5.16 Å². The van der Waals surface area contributed by atoms with E-state index < -0.39 is 19.0 Å². The number of rotatable bonds is 7. The van der Waals surface area contributed by atoms with Crippen molar-refractivity contribution in [3.8, 4) is 0 Å². The molecule has 1 unspecified atom stereocenters. The van der Waals surface area contributed by atoms with Crippen LogP contribution in [0.25, 0.3) is 0 Å². The van der Waals surface area contributed by atoms with E-state index in [-0.39, 0.29) is 12.4 Å². The zero-order valence-electron chi connectivity index (χ0n) is 11.3. The summed E-state index contributed by atoms with van der Waals surface area (Å²) in [7, 11) is 0. The van der Waals surface area contributed by atoms with Crippen molar-refractivity contribution in [2.45, 2.75) is 38.2 Å². The highest BCUT2D eigenvalue weighted by molar-refractivity contribution is 4.88. The molecule has 0 amide bonds. The fraction of sp³-hybridized carbons (Fsp3) is 0.833. The van der Waals surface area contributed by atoms with Crippen LogP contribution >= 0.6 is 0 Å². The number of alkyl halides is 4. The molecule has 0 saturated carbocycles. The molecule has 1 saturated heterocycles. The van der Waals surface area contributed by atoms with Gasteiger partial charge >= 0.3 is 12.3 Å². The Morgan fingerprint density at radius 1 is 1.43 bits per heavy atom. The standard InChI is InChI=1S/C12H17F4N3O2/c13-11(14)12(15,16)7-20-6-9-18-10(21-19-9)4-8-2-1-3-17-5-8/h8,11,17H,1-7H2. The largest absolute Gasteiger partial charge is 0.367 e. The molecule has 2 rings (SSSR count). The lowest BCUT2D eigenvalue weighted by Crippen LogP contribution is -2.32. The van der Waals surface area contributed by atoms with Crippen LogP contribution in [0.3, 0.4) is 0 Å². The van der Waals surface area contributed by atoms with Crippen LogP contribution in [0.2, 0.25) is 0 Å². The Morgan fingerprint density at radius 3 is 2.90 bits per heavy atom. The van der Waals surface area contributed by atoms with Crippen LogP contribution in [0.5, 0.6) is 0 Å². The molecule has 0 aromatic carbocycles. The average molecular weight is 311 g/mol. The third-order valence-electron chi connectivity index (χ3n) is 3.22. The number of aromatic nitrogens is 2. The van der Waals surface area contributed by atoms with Gasteiger partial charge in [-0.15, -0.1) is 0 Å². The minimum Gasteiger partial charge on any atom is -0.367 e. The summed E-state index contributed by atoms with van der Waals surface area (Å²) in [5, 5.41) is 6.84. The molecule has 5 nitrogen and oxygen atoms in total. The molecule has 2 heterocycles. The predicted molar refractivity (Wildman–Crippen MR) is 64.2 cm³/mol. The van der Waals surface area contributed by atoms with Gasteiger partial charge in [-0.3, -0.25) is 0 Å². The highest BCUT2D eigenvalue weighted by atomic mass is 19.3. The van der Waals surface area contributed by atoms with Gasteiger partial charge in [0, 0.05) is 6.42 Å². The minimum absolute atomic E-state index is 0.0823. The first-order valence-electron chi connectivity index (χ1n) is 6.73. The third-order valence-corrected chi connectivity index (χ3v) is 3.22. The van der Waals surface area contributed by atoms with Gasteiger partial charge < -0.3 is 14.6 Å². The second kappa shape index (κ2) is 7.17. The van der Waals surface area contributed by atoms with E-state index in [1.807, 2.05) is 0 Å². The monoisotopic (exact) mass is 311 g/mol. The number of hydrogen-bond donors (Lipinski definition) is 1. The van der Waals surface area contributed by atoms with Crippen molar-refractivity contribution in [3.63, 3.8) is 0 Å². The van der Waals surface area contributed by atoms with E-state index in [2.05, 4.69) is 20.2 Å². The molecule has 9 heteroatoms. The third kappa shape index (κ3) is 4.92. The van der Waals surface area contributed by atoms with Gasteiger partial charge in [0.25, 0.3) is 0 Å². The highest BCUT2D eigenvalue weighted by Gasteiger charge is 2.41. The van der Waals surface area contributed by atoms with Crippen molar-refractivity contribution in [3.05, 3.63) is 11.7 Å². The second-order valence-corrected chi connectivity index (χ2v) is 5.08. The van der Waals surface area contributed by atoms with E-state index in [1.54, 1.807) is 0 Å². The molecule has 0 aliphatic carbocycles. The topological polar surface area (TPSA) is 60.2 Å². The van der Waals surface area contributed by atoms with E-state index in [1.165, 1.54) is 0 Å². The Hall–Kier alpha value is -1.22. The Bertz CT molecular complexity index is 436. The number of nitrogens with zero attached hydrogens (tertiary/aromatic N) is 2. The molecule has 0 spiro atoms. The lowest BCUT2D eigenvalue weighted by atomic mass is 9.96. The van der Waals surface area contributed by atoms with E-state index in [0.717, 1.165) is 25.9 Å². The van der Waals surface area contributed by atoms with Crippen LogP contribution in [-0.4, -0.2) is 42.2 Å². The van der Waals surface area contributed by atoms with Gasteiger partial charge in [-0.05, 0) is 31.8 Å². The second-order valence-electron chi connectivity index (χ2n) is 5.08. The van der Waals surface area contributed by atoms with Crippen LogP contribution < -0.4 is 5.32 Å². The van der Waals surface area contributed by atoms with Gasteiger partial charge in [0.05, 0.1) is 0 Å². The number of halogens is 4. The maximum absolute atomic E-state index is 12.6. The van der Waals surface area contributed by atoms with Gasteiger partial charge in [0.1, 0.15) is 13.2 Å². The van der Waals surface area contributed by atoms with Crippen molar-refractivity contribution in [1.29, 1.82) is 0 Å². The lowest BCUT2D eigenvalue weighted by molar-refractivity contribution is -0.168. The smallest absolute Gasteiger partial charge is 0.330 e. The quantitative estimate of drug-likeness (QED) is 0.781. The van der Waals surface area contributed by atoms with Crippen LogP contribution in [0.1, 0.15) is 24.6 Å². The summed E-state index contributed by atoms with van der Waals surface area (Å²) in [4.78, 5) is 4.01. The highest BCUT2D eigenvalue weighted by Crippen LogP contribution is 2.23. The van der Waals surface area contributed by atoms with E-state index >= 15 is 0 Å². The summed E-state index contributed by atoms with van der Waals surface area (Å²) in [6.45, 7) is 0.113. The van der Waals surface area contributed by atoms with Gasteiger partial charge in [0.15, 0.2) is 5.82 Å². The van der Waals surface area contributed by atoms with Crippen molar-refractivity contribution >= 4 is 0 Å². The van der Waals surface area contributed by atoms with Crippen LogP contribution in [0.15, 0.2) is 4.52 Å². The average Bonchev–Trinajstić information content (AvgIpc) is 2.87. The first-order valence-corrected chi connectivity index (χ1v) is 6.73. The fourth-order valence-electron chi connectivity index (χ4n) is 2.12. The number of nitrogens with one attached hydrogen (secondary N) is 1. The van der Waals surface area contributed by atoms with E-state index in [0.29, 0.717) is 18.2 Å². The van der Waals surface area contributed by atoms with Gasteiger partial charge in [-0.25, -0.2) is 8.78 Å². The maximum atomic E-state index is 12.6. The molecule has 120 valence electrons. The summed E-state index contributed by atoms with van der Waals surface area (Å²) in [6, 6.07) is 0. The Morgan fingerprint density at radius 2 is 2.24 bits per heavy atom. The molecule has 1 aromatic heterocycles. The molecule has 1 fully saturated rings. The molecule has 1 aliphatic heterocycles. The maximum Gasteiger partial charge on any atom is 0.330 e. The van der Waals surface area contributed by atoms with Crippen LogP contribution in [-0.2, 0) is 17.8 Å². The SMILES string of the molecule is FC(F)C(F)(F)COCc1noc(CC2CCCNC2)n1. The van der Waals surface area contributed by atoms with Crippen molar-refractivity contribution < 1.29 is 26.8 Å². The molecule has 0 bridgehead atoms. The molecule has 1 aromatic rings. The normalized spacial score (nSPS) is 20.1. The molecule has 1 aliphatic rings. The van der Waals surface area contributed by atoms with E-state index in [4.69, 9.17) is 4.52 Å². The molecule has 21 heavy (non-hydrogen) atoms. The minimum atomic E-state index is -4.17. The summed E-state index contributed by atoms with van der Waals surface area (Å²) >= 11 is 0. The van der Waals surface area contributed by atoms with Crippen molar-refractivity contribution in [2.75, 3.05) is 19.7 Å². The number of ether oxygens (including phenoxy) is 1. The molecular formula is C12H17F4N3O2. The fourth-order valence-corrected chi connectivity index (χ4v) is 2.12. The first kappa shape index (κ1) is 16.2. The molecular weight excluding hydrogens is 294 g/mol. The number of piperidine rings is 1. The molecule has 0 radical (unpaired) electrons. The first-order chi connectivity index (χ1) is 9.97. The van der Waals surface area contributed by atoms with Crippen LogP contribution in [0.4, 0.5) is 17.6 Å². The Balaban J connectivity index is 1.75. The molecule has 1 N–H and O–H groups in total. The molecule has 1 atom stereocenters. The van der Waals surface area contributed by atoms with E-state index in [9.17, 15) is 17.6 Å². The summed E-state index contributed by atoms with van der Waals surface area (Å²) < 4.78 is 58.6. The van der Waals surface area contributed by atoms with Gasteiger partial charge in [-0.2, -0.15) is 13.8 Å². The zero-order valence-corrected chi connectivity index (χ0v) is 11.3. The Kier molecular flexibility index (Phi) is 5.51. The van der Waals surface area contributed by atoms with Crippen LogP contribution in [0, 0.1) is 5.92 Å². The van der Waals surface area contributed by atoms with Crippen molar-refractivity contribution in [2.24, 2.45) is 5.92 Å². The predicted octanol–water partition coefficient (Wildman–Crippen LogP) is 2.03.